The predicted octanol–water partition coefficient (Wildman–Crippen LogP) is 2.26. The Morgan fingerprint density at radius 2 is 1.81 bits per heavy atom. The molecule has 16 heavy (non-hydrogen) atoms. The van der Waals surface area contributed by atoms with Gasteiger partial charge < -0.3 is 5.11 Å². The average molecular weight is 233 g/mol. The van der Waals surface area contributed by atoms with Crippen molar-refractivity contribution in [1.29, 1.82) is 0 Å². The van der Waals surface area contributed by atoms with E-state index in [1.807, 2.05) is 0 Å². The molecule has 1 aromatic carbocycles. The quantitative estimate of drug-likeness (QED) is 0.836. The molecule has 0 bridgehead atoms. The molecule has 5 heteroatoms. The molecule has 2 nitrogen and oxygen atoms in total. The van der Waals surface area contributed by atoms with Gasteiger partial charge in [-0.1, -0.05) is 30.3 Å². The summed E-state index contributed by atoms with van der Waals surface area (Å²) in [4.78, 5) is 0. The van der Waals surface area contributed by atoms with Crippen molar-refractivity contribution in [3.63, 3.8) is 0 Å². The molecule has 0 aliphatic heterocycles. The van der Waals surface area contributed by atoms with E-state index in [4.69, 9.17) is 5.11 Å². The zero-order valence-electron chi connectivity index (χ0n) is 8.83. The minimum atomic E-state index is -4.30. The van der Waals surface area contributed by atoms with Crippen molar-refractivity contribution in [2.24, 2.45) is 0 Å². The molecular formula is C11H14F3NO. The van der Waals surface area contributed by atoms with E-state index in [-0.39, 0.29) is 6.61 Å². The highest BCUT2D eigenvalue weighted by Gasteiger charge is 2.37. The summed E-state index contributed by atoms with van der Waals surface area (Å²) in [5.41, 5.74) is 0.640. The maximum absolute atomic E-state index is 12.3. The smallest absolute Gasteiger partial charge is 0.394 e. The van der Waals surface area contributed by atoms with Gasteiger partial charge in [-0.3, -0.25) is 5.32 Å². The summed E-state index contributed by atoms with van der Waals surface area (Å²) in [6.45, 7) is 0.663. The lowest BCUT2D eigenvalue weighted by Crippen LogP contribution is -2.42. The number of nitrogens with one attached hydrogen (secondary N) is 1. The van der Waals surface area contributed by atoms with Crippen LogP contribution in [-0.4, -0.2) is 23.9 Å². The number of hydrogen-bond acceptors (Lipinski definition) is 2. The van der Waals surface area contributed by atoms with Crippen LogP contribution >= 0.6 is 0 Å². The topological polar surface area (TPSA) is 32.3 Å². The molecule has 2 atom stereocenters. The highest BCUT2D eigenvalue weighted by atomic mass is 19.4. The van der Waals surface area contributed by atoms with E-state index >= 15 is 0 Å². The summed E-state index contributed by atoms with van der Waals surface area (Å²) in [6, 6.07) is 6.22. The highest BCUT2D eigenvalue weighted by molar-refractivity contribution is 5.19. The van der Waals surface area contributed by atoms with Crippen molar-refractivity contribution >= 4 is 0 Å². The average Bonchev–Trinajstić information content (AvgIpc) is 2.25. The number of aliphatic hydroxyl groups excluding tert-OH is 1. The molecule has 90 valence electrons. The second-order valence-electron chi connectivity index (χ2n) is 3.58. The highest BCUT2D eigenvalue weighted by Crippen LogP contribution is 2.22. The van der Waals surface area contributed by atoms with Crippen molar-refractivity contribution < 1.29 is 18.3 Å². The molecule has 0 radical (unpaired) electrons. The van der Waals surface area contributed by atoms with E-state index in [1.165, 1.54) is 0 Å². The predicted molar refractivity (Wildman–Crippen MR) is 54.9 cm³/mol. The monoisotopic (exact) mass is 233 g/mol. The molecular weight excluding hydrogens is 219 g/mol. The molecule has 1 rings (SSSR count). The van der Waals surface area contributed by atoms with Crippen LogP contribution in [0.5, 0.6) is 0 Å². The van der Waals surface area contributed by atoms with Crippen LogP contribution in [-0.2, 0) is 0 Å². The van der Waals surface area contributed by atoms with E-state index in [0.717, 1.165) is 6.92 Å². The standard InChI is InChI=1S/C11H14F3NO/c1-8(11(12,13)14)15-10(7-16)9-5-3-2-4-6-9/h2-6,8,10,15-16H,7H2,1H3/t8-,10+/m1/s1. The number of aliphatic hydroxyl groups is 1. The maximum Gasteiger partial charge on any atom is 0.403 e. The van der Waals surface area contributed by atoms with Gasteiger partial charge >= 0.3 is 6.18 Å². The fourth-order valence-corrected chi connectivity index (χ4v) is 1.34. The molecule has 0 saturated carbocycles. The van der Waals surface area contributed by atoms with E-state index in [1.54, 1.807) is 30.3 Å². The van der Waals surface area contributed by atoms with Crippen LogP contribution in [0.25, 0.3) is 0 Å². The minimum Gasteiger partial charge on any atom is -0.394 e. The van der Waals surface area contributed by atoms with Gasteiger partial charge in [-0.25, -0.2) is 0 Å². The van der Waals surface area contributed by atoms with E-state index in [9.17, 15) is 13.2 Å². The molecule has 0 saturated heterocycles. The molecule has 0 unspecified atom stereocenters. The number of benzene rings is 1. The van der Waals surface area contributed by atoms with Crippen molar-refractivity contribution in [3.8, 4) is 0 Å². The van der Waals surface area contributed by atoms with Gasteiger partial charge in [-0.05, 0) is 12.5 Å². The van der Waals surface area contributed by atoms with E-state index < -0.39 is 18.3 Å². The summed E-state index contributed by atoms with van der Waals surface area (Å²) < 4.78 is 37.0. The Hall–Kier alpha value is -1.07. The third-order valence-electron chi connectivity index (χ3n) is 2.33. The van der Waals surface area contributed by atoms with Crippen molar-refractivity contribution in [2.45, 2.75) is 25.2 Å². The normalized spacial score (nSPS) is 15.8. The number of alkyl halides is 3. The van der Waals surface area contributed by atoms with Crippen LogP contribution in [0.4, 0.5) is 13.2 Å². The van der Waals surface area contributed by atoms with Crippen LogP contribution in [0.15, 0.2) is 30.3 Å². The van der Waals surface area contributed by atoms with Crippen molar-refractivity contribution in [1.82, 2.24) is 5.32 Å². The Kier molecular flexibility index (Phi) is 4.32. The summed E-state index contributed by atoms with van der Waals surface area (Å²) in [5.74, 6) is 0. The van der Waals surface area contributed by atoms with Crippen LogP contribution in [0, 0.1) is 0 Å². The molecule has 2 N–H and O–H groups in total. The third kappa shape index (κ3) is 3.50. The van der Waals surface area contributed by atoms with Crippen LogP contribution in [0.1, 0.15) is 18.5 Å². The van der Waals surface area contributed by atoms with Crippen LogP contribution < -0.4 is 5.32 Å². The lowest BCUT2D eigenvalue weighted by molar-refractivity contribution is -0.154. The Labute approximate surface area is 92.1 Å². The largest absolute Gasteiger partial charge is 0.403 e. The van der Waals surface area contributed by atoms with Gasteiger partial charge in [-0.2, -0.15) is 13.2 Å². The van der Waals surface area contributed by atoms with Gasteiger partial charge in [0.1, 0.15) is 6.04 Å². The first-order chi connectivity index (χ1) is 7.45. The summed E-state index contributed by atoms with van der Waals surface area (Å²) in [7, 11) is 0. The van der Waals surface area contributed by atoms with Crippen molar-refractivity contribution in [2.75, 3.05) is 6.61 Å². The van der Waals surface area contributed by atoms with Crippen LogP contribution in [0.3, 0.4) is 0 Å². The third-order valence-corrected chi connectivity index (χ3v) is 2.33. The number of rotatable bonds is 4. The van der Waals surface area contributed by atoms with Gasteiger partial charge in [0.2, 0.25) is 0 Å². The van der Waals surface area contributed by atoms with Gasteiger partial charge in [0.15, 0.2) is 0 Å². The molecule has 0 heterocycles. The van der Waals surface area contributed by atoms with Gasteiger partial charge in [0, 0.05) is 0 Å². The molecule has 0 aromatic heterocycles. The zero-order valence-corrected chi connectivity index (χ0v) is 8.83. The van der Waals surface area contributed by atoms with Gasteiger partial charge in [-0.15, -0.1) is 0 Å². The second kappa shape index (κ2) is 5.32. The summed E-state index contributed by atoms with van der Waals surface area (Å²) in [6.07, 6.45) is -4.30. The first-order valence-electron chi connectivity index (χ1n) is 4.93. The van der Waals surface area contributed by atoms with E-state index in [0.29, 0.717) is 5.56 Å². The Morgan fingerprint density at radius 3 is 2.25 bits per heavy atom. The summed E-state index contributed by atoms with van der Waals surface area (Å²) in [5, 5.41) is 11.4. The molecule has 0 amide bonds. The Bertz CT molecular complexity index is 313. The maximum atomic E-state index is 12.3. The fraction of sp³-hybridized carbons (Fsp3) is 0.455. The molecule has 0 spiro atoms. The Balaban J connectivity index is 2.70. The molecule has 1 aromatic rings. The van der Waals surface area contributed by atoms with E-state index in [2.05, 4.69) is 5.32 Å². The summed E-state index contributed by atoms with van der Waals surface area (Å²) >= 11 is 0. The number of halogens is 3. The lowest BCUT2D eigenvalue weighted by Gasteiger charge is -2.23. The molecule has 0 aliphatic carbocycles. The SMILES string of the molecule is C[C@@H](N[C@@H](CO)c1ccccc1)C(F)(F)F. The lowest BCUT2D eigenvalue weighted by atomic mass is 10.1. The van der Waals surface area contributed by atoms with Gasteiger partial charge in [0.05, 0.1) is 12.6 Å². The fourth-order valence-electron chi connectivity index (χ4n) is 1.34. The van der Waals surface area contributed by atoms with Crippen molar-refractivity contribution in [3.05, 3.63) is 35.9 Å². The number of hydrogen-bond donors (Lipinski definition) is 2. The van der Waals surface area contributed by atoms with Crippen LogP contribution in [0.2, 0.25) is 0 Å². The van der Waals surface area contributed by atoms with Gasteiger partial charge in [0.25, 0.3) is 0 Å². The zero-order chi connectivity index (χ0) is 12.2. The second-order valence-corrected chi connectivity index (χ2v) is 3.58. The minimum absolute atomic E-state index is 0.371. The molecule has 0 aliphatic rings. The first kappa shape index (κ1) is 13.0. The Morgan fingerprint density at radius 1 is 1.25 bits per heavy atom. The molecule has 0 fully saturated rings. The first-order valence-corrected chi connectivity index (χ1v) is 4.93.